The lowest BCUT2D eigenvalue weighted by Gasteiger charge is -1.87. The topological polar surface area (TPSA) is 0 Å². The highest BCUT2D eigenvalue weighted by molar-refractivity contribution is 9.10. The van der Waals surface area contributed by atoms with E-state index in [1.807, 2.05) is 15.9 Å². The van der Waals surface area contributed by atoms with Gasteiger partial charge in [0.1, 0.15) is 5.58 Å². The Morgan fingerprint density at radius 2 is 1.50 bits per heavy atom. The van der Waals surface area contributed by atoms with Crippen molar-refractivity contribution in [2.75, 3.05) is 5.58 Å². The molecule has 0 radical (unpaired) electrons. The highest BCUT2D eigenvalue weighted by Gasteiger charge is 2.16. The van der Waals surface area contributed by atoms with Crippen molar-refractivity contribution in [1.82, 2.24) is 0 Å². The molecular formula is C2H2Br2ClF3. The van der Waals surface area contributed by atoms with Gasteiger partial charge in [0, 0.05) is 15.9 Å². The van der Waals surface area contributed by atoms with Crippen LogP contribution < -0.4 is 0 Å². The maximum atomic E-state index is 10.7. The lowest BCUT2D eigenvalue weighted by molar-refractivity contribution is 0.212. The lowest BCUT2D eigenvalue weighted by Crippen LogP contribution is -1.85. The van der Waals surface area contributed by atoms with Crippen LogP contribution in [0, 0.1) is 0 Å². The Bertz CT molecular complexity index is 39.0. The second-order valence-electron chi connectivity index (χ2n) is 0.530. The van der Waals surface area contributed by atoms with E-state index in [1.165, 1.54) is 0 Å². The first-order valence-corrected chi connectivity index (χ1v) is 3.58. The van der Waals surface area contributed by atoms with Crippen LogP contribution in [-0.2, 0) is 0 Å². The predicted octanol–water partition coefficient (Wildman–Crippen LogP) is 3.48. The first-order valence-electron chi connectivity index (χ1n) is 1.29. The average molecular weight is 278 g/mol. The molecule has 0 atom stereocenters. The Hall–Kier alpha value is 1.04. The first-order chi connectivity index (χ1) is 3.41. The highest BCUT2D eigenvalue weighted by Crippen LogP contribution is 2.25. The van der Waals surface area contributed by atoms with E-state index in [9.17, 15) is 13.2 Å². The van der Waals surface area contributed by atoms with Gasteiger partial charge in [-0.15, -0.1) is 0 Å². The fourth-order valence-electron chi connectivity index (χ4n) is 0. The second-order valence-corrected chi connectivity index (χ2v) is 2.88. The summed E-state index contributed by atoms with van der Waals surface area (Å²) in [5, 5.41) is 0. The molecular weight excluding hydrogens is 276 g/mol. The molecule has 0 fully saturated rings. The van der Waals surface area contributed by atoms with Gasteiger partial charge >= 0.3 is 4.29 Å². The molecule has 0 heterocycles. The normalized spacial score (nSPS) is 9.75. The van der Waals surface area contributed by atoms with E-state index in [0.29, 0.717) is 0 Å². The molecule has 0 N–H and O–H groups in total. The smallest absolute Gasteiger partial charge is 0.239 e. The Kier molecular flexibility index (Phi) is 9.09. The molecule has 8 heavy (non-hydrogen) atoms. The third-order valence-electron chi connectivity index (χ3n) is 0. The molecule has 0 aromatic rings. The van der Waals surface area contributed by atoms with Crippen LogP contribution >= 0.6 is 43.5 Å². The molecule has 0 aliphatic rings. The minimum Gasteiger partial charge on any atom is -0.239 e. The molecule has 0 aromatic heterocycles. The number of alkyl halides is 6. The quantitative estimate of drug-likeness (QED) is 0.595. The van der Waals surface area contributed by atoms with Crippen molar-refractivity contribution in [1.29, 1.82) is 0 Å². The lowest BCUT2D eigenvalue weighted by atomic mass is 11.7. The van der Waals surface area contributed by atoms with Crippen LogP contribution in [0.25, 0.3) is 0 Å². The number of halogens is 6. The monoisotopic (exact) mass is 276 g/mol. The minimum atomic E-state index is -3.22. The van der Waals surface area contributed by atoms with Gasteiger partial charge in [-0.25, -0.2) is 4.39 Å². The highest BCUT2D eigenvalue weighted by atomic mass is 79.9. The van der Waals surface area contributed by atoms with Crippen LogP contribution in [0.1, 0.15) is 0 Å². The SMILES string of the molecule is FC(F)(Cl)Br.FCBr. The van der Waals surface area contributed by atoms with Gasteiger partial charge in [0.05, 0.1) is 0 Å². The first kappa shape index (κ1) is 11.8. The van der Waals surface area contributed by atoms with Crippen LogP contribution in [0.3, 0.4) is 0 Å². The van der Waals surface area contributed by atoms with E-state index < -0.39 is 9.87 Å². The zero-order chi connectivity index (χ0) is 7.21. The second kappa shape index (κ2) is 6.16. The van der Waals surface area contributed by atoms with E-state index >= 15 is 0 Å². The molecule has 0 unspecified atom stereocenters. The maximum Gasteiger partial charge on any atom is 0.378 e. The van der Waals surface area contributed by atoms with Crippen molar-refractivity contribution >= 4 is 43.5 Å². The van der Waals surface area contributed by atoms with Gasteiger partial charge < -0.3 is 0 Å². The van der Waals surface area contributed by atoms with Crippen molar-refractivity contribution < 1.29 is 13.2 Å². The van der Waals surface area contributed by atoms with Gasteiger partial charge in [-0.3, -0.25) is 0 Å². The van der Waals surface area contributed by atoms with E-state index in [-0.39, 0.29) is 0 Å². The number of hydrogen-bond donors (Lipinski definition) is 0. The molecule has 0 rings (SSSR count). The molecule has 0 aromatic carbocycles. The molecule has 0 spiro atoms. The fraction of sp³-hybridized carbons (Fsp3) is 1.00. The van der Waals surface area contributed by atoms with Crippen LogP contribution in [0.15, 0.2) is 0 Å². The summed E-state index contributed by atoms with van der Waals surface area (Å²) in [6.07, 6.45) is 0. The van der Waals surface area contributed by atoms with E-state index in [0.717, 1.165) is 0 Å². The maximum absolute atomic E-state index is 10.7. The van der Waals surface area contributed by atoms with Gasteiger partial charge in [0.25, 0.3) is 0 Å². The summed E-state index contributed by atoms with van der Waals surface area (Å²) in [5.74, 6) is 0. The van der Waals surface area contributed by atoms with Crippen LogP contribution in [-0.4, -0.2) is 9.87 Å². The van der Waals surface area contributed by atoms with Crippen LogP contribution in [0.5, 0.6) is 0 Å². The molecule has 0 amide bonds. The van der Waals surface area contributed by atoms with Crippen molar-refractivity contribution in [3.63, 3.8) is 0 Å². The standard InChI is InChI=1S/CBrClF2.CH2BrF/c2-1(3,4)5;2-1-3/h;1H2. The third kappa shape index (κ3) is 237. The zero-order valence-corrected chi connectivity index (χ0v) is 7.40. The Morgan fingerprint density at radius 3 is 1.50 bits per heavy atom. The largest absolute Gasteiger partial charge is 0.378 e. The Morgan fingerprint density at radius 1 is 1.50 bits per heavy atom. The van der Waals surface area contributed by atoms with Crippen molar-refractivity contribution in [3.05, 3.63) is 0 Å². The number of hydrogen-bond acceptors (Lipinski definition) is 0. The summed E-state index contributed by atoms with van der Waals surface area (Å²) in [4.78, 5) is 0. The van der Waals surface area contributed by atoms with Gasteiger partial charge in [0.2, 0.25) is 0 Å². The van der Waals surface area contributed by atoms with Gasteiger partial charge in [-0.05, 0) is 11.6 Å². The molecule has 0 nitrogen and oxygen atoms in total. The summed E-state index contributed by atoms with van der Waals surface area (Å²) >= 11 is 8.40. The summed E-state index contributed by atoms with van der Waals surface area (Å²) in [7, 11) is 0. The predicted molar refractivity (Wildman–Crippen MR) is 34.6 cm³/mol. The molecule has 0 aliphatic carbocycles. The molecule has 0 saturated heterocycles. The molecule has 0 bridgehead atoms. The van der Waals surface area contributed by atoms with E-state index in [4.69, 9.17) is 0 Å². The molecule has 6 heteroatoms. The summed E-state index contributed by atoms with van der Waals surface area (Å²) in [6.45, 7) is 0. The van der Waals surface area contributed by atoms with Gasteiger partial charge in [-0.1, -0.05) is 15.9 Å². The fourth-order valence-corrected chi connectivity index (χ4v) is 0. The summed E-state index contributed by atoms with van der Waals surface area (Å²) in [6, 6.07) is 0. The van der Waals surface area contributed by atoms with Crippen LogP contribution in [0.4, 0.5) is 13.2 Å². The molecule has 0 saturated carbocycles. The molecule has 52 valence electrons. The molecule has 0 aliphatic heterocycles. The van der Waals surface area contributed by atoms with E-state index in [1.54, 1.807) is 0 Å². The minimum absolute atomic E-state index is 0.438. The average Bonchev–Trinajstić information content (AvgIpc) is 1.27. The third-order valence-corrected chi connectivity index (χ3v) is 0. The van der Waals surface area contributed by atoms with E-state index in [2.05, 4.69) is 27.5 Å². The number of rotatable bonds is 0. The van der Waals surface area contributed by atoms with Crippen molar-refractivity contribution in [3.8, 4) is 0 Å². The summed E-state index contributed by atoms with van der Waals surface area (Å²) < 4.78 is 28.4. The Balaban J connectivity index is 0. The Labute approximate surface area is 66.6 Å². The van der Waals surface area contributed by atoms with Crippen LogP contribution in [0.2, 0.25) is 0 Å². The van der Waals surface area contributed by atoms with Crippen molar-refractivity contribution in [2.24, 2.45) is 0 Å². The van der Waals surface area contributed by atoms with Crippen molar-refractivity contribution in [2.45, 2.75) is 4.29 Å². The summed E-state index contributed by atoms with van der Waals surface area (Å²) in [5.41, 5.74) is -0.438. The van der Waals surface area contributed by atoms with Gasteiger partial charge in [-0.2, -0.15) is 8.78 Å². The van der Waals surface area contributed by atoms with Gasteiger partial charge in [0.15, 0.2) is 0 Å². The zero-order valence-electron chi connectivity index (χ0n) is 3.47.